The molecule has 0 saturated carbocycles. The predicted octanol–water partition coefficient (Wildman–Crippen LogP) is 4.89. The Labute approximate surface area is 215 Å². The van der Waals surface area contributed by atoms with Gasteiger partial charge in [-0.3, -0.25) is 9.59 Å². The van der Waals surface area contributed by atoms with Crippen molar-refractivity contribution < 1.29 is 14.3 Å². The molecule has 1 aromatic heterocycles. The van der Waals surface area contributed by atoms with Gasteiger partial charge >= 0.3 is 0 Å². The van der Waals surface area contributed by atoms with Crippen molar-refractivity contribution in [2.45, 2.75) is 43.8 Å². The standard InChI is InChI=1S/C26H29ClN4O3S/c1-17(2)13-22(24(32)28-14-18-9-11-20(34-3)12-10-18)30-25(33)23-21(27)15-29-26(31-23)35-16-19-7-5-4-6-8-19/h4-12,15,17,22H,13-14,16H2,1-3H3,(H,28,32)(H,30,33)/t22-/m1/s1. The molecule has 3 aromatic rings. The summed E-state index contributed by atoms with van der Waals surface area (Å²) in [5.74, 6) is 0.807. The number of carbonyl (C=O) groups excluding carboxylic acids is 2. The Kier molecular flexibility index (Phi) is 9.93. The van der Waals surface area contributed by atoms with Gasteiger partial charge in [-0.1, -0.05) is 79.7 Å². The van der Waals surface area contributed by atoms with Crippen LogP contribution in [0.5, 0.6) is 5.75 Å². The number of rotatable bonds is 11. The van der Waals surface area contributed by atoms with Crippen LogP contribution >= 0.6 is 23.4 Å². The lowest BCUT2D eigenvalue weighted by Crippen LogP contribution is -2.47. The highest BCUT2D eigenvalue weighted by atomic mass is 35.5. The topological polar surface area (TPSA) is 93.2 Å². The highest BCUT2D eigenvalue weighted by molar-refractivity contribution is 7.98. The van der Waals surface area contributed by atoms with Crippen LogP contribution in [0.25, 0.3) is 0 Å². The molecule has 0 saturated heterocycles. The maximum absolute atomic E-state index is 13.0. The number of benzene rings is 2. The predicted molar refractivity (Wildman–Crippen MR) is 139 cm³/mol. The second kappa shape index (κ2) is 13.1. The Balaban J connectivity index is 1.65. The summed E-state index contributed by atoms with van der Waals surface area (Å²) in [6.45, 7) is 4.32. The SMILES string of the molecule is COc1ccc(CNC(=O)[C@@H](CC(C)C)NC(=O)c2nc(SCc3ccccc3)ncc2Cl)cc1. The number of hydrogen-bond acceptors (Lipinski definition) is 6. The van der Waals surface area contributed by atoms with Gasteiger partial charge in [-0.05, 0) is 35.6 Å². The molecule has 0 aliphatic rings. The zero-order valence-corrected chi connectivity index (χ0v) is 21.5. The molecular formula is C26H29ClN4O3S. The molecule has 0 unspecified atom stereocenters. The molecule has 0 radical (unpaired) electrons. The van der Waals surface area contributed by atoms with Crippen molar-refractivity contribution >= 4 is 35.2 Å². The number of hydrogen-bond donors (Lipinski definition) is 2. The van der Waals surface area contributed by atoms with Gasteiger partial charge in [0.25, 0.3) is 5.91 Å². The maximum atomic E-state index is 13.0. The van der Waals surface area contributed by atoms with Crippen molar-refractivity contribution in [3.63, 3.8) is 0 Å². The summed E-state index contributed by atoms with van der Waals surface area (Å²) in [4.78, 5) is 34.6. The van der Waals surface area contributed by atoms with E-state index in [-0.39, 0.29) is 22.5 Å². The van der Waals surface area contributed by atoms with Gasteiger partial charge in [-0.2, -0.15) is 0 Å². The average molecular weight is 513 g/mol. The summed E-state index contributed by atoms with van der Waals surface area (Å²) in [6, 6.07) is 16.6. The zero-order valence-electron chi connectivity index (χ0n) is 20.0. The van der Waals surface area contributed by atoms with Gasteiger partial charge in [0.05, 0.1) is 18.3 Å². The molecule has 0 aliphatic heterocycles. The molecule has 9 heteroatoms. The van der Waals surface area contributed by atoms with E-state index in [1.807, 2.05) is 68.4 Å². The molecule has 184 valence electrons. The third kappa shape index (κ3) is 8.26. The van der Waals surface area contributed by atoms with Crippen molar-refractivity contribution in [3.8, 4) is 5.75 Å². The highest BCUT2D eigenvalue weighted by Gasteiger charge is 2.24. The Bertz CT molecular complexity index is 1130. The first-order chi connectivity index (χ1) is 16.9. The van der Waals surface area contributed by atoms with Crippen molar-refractivity contribution in [3.05, 3.63) is 82.6 Å². The second-order valence-corrected chi connectivity index (χ2v) is 9.69. The van der Waals surface area contributed by atoms with E-state index in [1.165, 1.54) is 18.0 Å². The summed E-state index contributed by atoms with van der Waals surface area (Å²) in [5.41, 5.74) is 2.09. The summed E-state index contributed by atoms with van der Waals surface area (Å²) in [5, 5.41) is 6.28. The van der Waals surface area contributed by atoms with Crippen LogP contribution in [-0.4, -0.2) is 34.9 Å². The van der Waals surface area contributed by atoms with Gasteiger partial charge in [0.15, 0.2) is 10.9 Å². The quantitative estimate of drug-likeness (QED) is 0.280. The average Bonchev–Trinajstić information content (AvgIpc) is 2.87. The van der Waals surface area contributed by atoms with Gasteiger partial charge in [-0.15, -0.1) is 0 Å². The molecule has 1 heterocycles. The van der Waals surface area contributed by atoms with Crippen LogP contribution in [0, 0.1) is 5.92 Å². The number of aromatic nitrogens is 2. The first kappa shape index (κ1) is 26.5. The smallest absolute Gasteiger partial charge is 0.272 e. The summed E-state index contributed by atoms with van der Waals surface area (Å²) < 4.78 is 5.16. The number of thioether (sulfide) groups is 1. The molecule has 7 nitrogen and oxygen atoms in total. The number of nitrogens with one attached hydrogen (secondary N) is 2. The van der Waals surface area contributed by atoms with Gasteiger partial charge in [0, 0.05) is 12.3 Å². The molecule has 0 fully saturated rings. The van der Waals surface area contributed by atoms with Crippen LogP contribution in [0.15, 0.2) is 66.0 Å². The van der Waals surface area contributed by atoms with E-state index >= 15 is 0 Å². The molecule has 0 aliphatic carbocycles. The molecule has 0 bridgehead atoms. The fourth-order valence-electron chi connectivity index (χ4n) is 3.29. The van der Waals surface area contributed by atoms with Crippen LogP contribution < -0.4 is 15.4 Å². The lowest BCUT2D eigenvalue weighted by Gasteiger charge is -2.20. The normalized spacial score (nSPS) is 11.7. The molecule has 3 rings (SSSR count). The molecular weight excluding hydrogens is 484 g/mol. The number of ether oxygens (including phenoxy) is 1. The number of methoxy groups -OCH3 is 1. The molecule has 2 aromatic carbocycles. The minimum Gasteiger partial charge on any atom is -0.497 e. The minimum atomic E-state index is -0.729. The molecule has 2 N–H and O–H groups in total. The number of carbonyl (C=O) groups is 2. The fourth-order valence-corrected chi connectivity index (χ4v) is 4.24. The monoisotopic (exact) mass is 512 g/mol. The molecule has 2 amide bonds. The fraction of sp³-hybridized carbons (Fsp3) is 0.308. The summed E-state index contributed by atoms with van der Waals surface area (Å²) in [7, 11) is 1.60. The van der Waals surface area contributed by atoms with Crippen molar-refractivity contribution in [2.75, 3.05) is 7.11 Å². The van der Waals surface area contributed by atoms with E-state index in [0.717, 1.165) is 16.9 Å². The van der Waals surface area contributed by atoms with Gasteiger partial charge in [-0.25, -0.2) is 9.97 Å². The number of nitrogens with zero attached hydrogens (tertiary/aromatic N) is 2. The summed E-state index contributed by atoms with van der Waals surface area (Å²) in [6.07, 6.45) is 1.89. The van der Waals surface area contributed by atoms with Crippen LogP contribution in [0.2, 0.25) is 5.02 Å². The first-order valence-electron chi connectivity index (χ1n) is 11.3. The van der Waals surface area contributed by atoms with E-state index in [2.05, 4.69) is 20.6 Å². The Morgan fingerprint density at radius 1 is 1.06 bits per heavy atom. The maximum Gasteiger partial charge on any atom is 0.272 e. The minimum absolute atomic E-state index is 0.0499. The van der Waals surface area contributed by atoms with E-state index in [4.69, 9.17) is 16.3 Å². The molecule has 35 heavy (non-hydrogen) atoms. The van der Waals surface area contributed by atoms with Crippen LogP contribution in [0.1, 0.15) is 41.9 Å². The summed E-state index contributed by atoms with van der Waals surface area (Å²) >= 11 is 7.65. The Morgan fingerprint density at radius 3 is 2.43 bits per heavy atom. The Morgan fingerprint density at radius 2 is 1.77 bits per heavy atom. The van der Waals surface area contributed by atoms with Gasteiger partial charge in [0.2, 0.25) is 5.91 Å². The Hall–Kier alpha value is -3.10. The number of halogens is 1. The van der Waals surface area contributed by atoms with Crippen molar-refractivity contribution in [2.24, 2.45) is 5.92 Å². The molecule has 0 spiro atoms. The van der Waals surface area contributed by atoms with E-state index in [1.54, 1.807) is 7.11 Å². The lowest BCUT2D eigenvalue weighted by atomic mass is 10.0. The van der Waals surface area contributed by atoms with E-state index < -0.39 is 11.9 Å². The lowest BCUT2D eigenvalue weighted by molar-refractivity contribution is -0.123. The zero-order chi connectivity index (χ0) is 25.2. The van der Waals surface area contributed by atoms with Crippen molar-refractivity contribution in [1.82, 2.24) is 20.6 Å². The van der Waals surface area contributed by atoms with Crippen LogP contribution in [0.4, 0.5) is 0 Å². The molecule has 1 atom stereocenters. The van der Waals surface area contributed by atoms with Crippen LogP contribution in [0.3, 0.4) is 0 Å². The second-order valence-electron chi connectivity index (χ2n) is 8.34. The van der Waals surface area contributed by atoms with Gasteiger partial charge in [0.1, 0.15) is 11.8 Å². The van der Waals surface area contributed by atoms with E-state index in [0.29, 0.717) is 23.9 Å². The van der Waals surface area contributed by atoms with Crippen LogP contribution in [-0.2, 0) is 17.1 Å². The van der Waals surface area contributed by atoms with E-state index in [9.17, 15) is 9.59 Å². The van der Waals surface area contributed by atoms with Crippen molar-refractivity contribution in [1.29, 1.82) is 0 Å². The van der Waals surface area contributed by atoms with Gasteiger partial charge < -0.3 is 15.4 Å². The number of amides is 2. The first-order valence-corrected chi connectivity index (χ1v) is 12.6. The third-order valence-corrected chi connectivity index (χ3v) is 6.31. The highest BCUT2D eigenvalue weighted by Crippen LogP contribution is 2.22. The largest absolute Gasteiger partial charge is 0.497 e. The third-order valence-electron chi connectivity index (χ3n) is 5.10.